The Hall–Kier alpha value is -0.960. The summed E-state index contributed by atoms with van der Waals surface area (Å²) >= 11 is 3.43. The SMILES string of the molecule is CCS(=O)(=O)N(C)CCCNC(=O)C1(c2ccc(Br)cc2)CCOCC1. The summed E-state index contributed by atoms with van der Waals surface area (Å²) in [5.74, 6) is 0.0758. The van der Waals surface area contributed by atoms with Crippen LogP contribution in [0.2, 0.25) is 0 Å². The van der Waals surface area contributed by atoms with Gasteiger partial charge in [0.15, 0.2) is 0 Å². The lowest BCUT2D eigenvalue weighted by Crippen LogP contribution is -2.48. The molecule has 1 aliphatic rings. The maximum atomic E-state index is 13.0. The largest absolute Gasteiger partial charge is 0.381 e. The zero-order valence-corrected chi connectivity index (χ0v) is 17.7. The Bertz CT molecular complexity index is 700. The molecule has 0 aromatic heterocycles. The van der Waals surface area contributed by atoms with Crippen LogP contribution >= 0.6 is 15.9 Å². The van der Waals surface area contributed by atoms with Gasteiger partial charge in [-0.3, -0.25) is 4.79 Å². The van der Waals surface area contributed by atoms with Crippen LogP contribution in [0.5, 0.6) is 0 Å². The van der Waals surface area contributed by atoms with Gasteiger partial charge in [-0.1, -0.05) is 28.1 Å². The number of carbonyl (C=O) groups is 1. The van der Waals surface area contributed by atoms with Gasteiger partial charge in [-0.2, -0.15) is 0 Å². The number of rotatable bonds is 8. The second kappa shape index (κ2) is 9.30. The molecule has 1 aliphatic heterocycles. The Morgan fingerprint density at radius 3 is 2.46 bits per heavy atom. The maximum Gasteiger partial charge on any atom is 0.230 e. The summed E-state index contributed by atoms with van der Waals surface area (Å²) in [5, 5.41) is 3.00. The Balaban J connectivity index is 1.99. The molecule has 0 saturated carbocycles. The van der Waals surface area contributed by atoms with Crippen LogP contribution in [0.25, 0.3) is 0 Å². The van der Waals surface area contributed by atoms with Crippen molar-refractivity contribution >= 4 is 31.9 Å². The molecule has 2 rings (SSSR count). The van der Waals surface area contributed by atoms with Crippen LogP contribution in [0.1, 0.15) is 31.7 Å². The number of benzene rings is 1. The predicted molar refractivity (Wildman–Crippen MR) is 106 cm³/mol. The third-order valence-corrected chi connectivity index (χ3v) is 7.34. The van der Waals surface area contributed by atoms with E-state index in [2.05, 4.69) is 21.2 Å². The van der Waals surface area contributed by atoms with Crippen molar-refractivity contribution in [2.45, 2.75) is 31.6 Å². The highest BCUT2D eigenvalue weighted by atomic mass is 79.9. The minimum Gasteiger partial charge on any atom is -0.381 e. The van der Waals surface area contributed by atoms with Gasteiger partial charge >= 0.3 is 0 Å². The van der Waals surface area contributed by atoms with E-state index in [4.69, 9.17) is 4.74 Å². The summed E-state index contributed by atoms with van der Waals surface area (Å²) in [5.41, 5.74) is 0.410. The molecule has 1 amide bonds. The summed E-state index contributed by atoms with van der Waals surface area (Å²) in [4.78, 5) is 13.0. The van der Waals surface area contributed by atoms with E-state index in [0.717, 1.165) is 10.0 Å². The van der Waals surface area contributed by atoms with Gasteiger partial charge in [0.2, 0.25) is 15.9 Å². The summed E-state index contributed by atoms with van der Waals surface area (Å²) in [6, 6.07) is 7.86. The zero-order valence-electron chi connectivity index (χ0n) is 15.3. The molecular weight excluding hydrogens is 420 g/mol. The smallest absolute Gasteiger partial charge is 0.230 e. The van der Waals surface area contributed by atoms with E-state index >= 15 is 0 Å². The molecule has 0 atom stereocenters. The van der Waals surface area contributed by atoms with E-state index in [9.17, 15) is 13.2 Å². The number of nitrogens with one attached hydrogen (secondary N) is 1. The molecule has 1 aromatic rings. The number of halogens is 1. The monoisotopic (exact) mass is 446 g/mol. The quantitative estimate of drug-likeness (QED) is 0.621. The first kappa shape index (κ1) is 21.3. The standard InChI is InChI=1S/C18H27BrN2O4S/c1-3-26(23,24)21(2)12-4-11-20-17(22)18(9-13-25-14-10-18)15-5-7-16(19)8-6-15/h5-8H,3-4,9-14H2,1-2H3,(H,20,22). The number of hydrogen-bond donors (Lipinski definition) is 1. The van der Waals surface area contributed by atoms with Crippen LogP contribution in [0.15, 0.2) is 28.7 Å². The minimum absolute atomic E-state index is 0.0101. The fourth-order valence-electron chi connectivity index (χ4n) is 3.17. The van der Waals surface area contributed by atoms with Gasteiger partial charge in [0.25, 0.3) is 0 Å². The first-order chi connectivity index (χ1) is 12.3. The van der Waals surface area contributed by atoms with Crippen molar-refractivity contribution in [1.82, 2.24) is 9.62 Å². The van der Waals surface area contributed by atoms with Crippen LogP contribution in [-0.2, 0) is 25.0 Å². The van der Waals surface area contributed by atoms with Crippen molar-refractivity contribution in [2.24, 2.45) is 0 Å². The van der Waals surface area contributed by atoms with Gasteiger partial charge in [0, 0.05) is 37.8 Å². The molecule has 1 fully saturated rings. The Kier molecular flexibility index (Phi) is 7.63. The average Bonchev–Trinajstić information content (AvgIpc) is 2.65. The van der Waals surface area contributed by atoms with Crippen LogP contribution < -0.4 is 5.32 Å². The van der Waals surface area contributed by atoms with E-state index in [1.54, 1.807) is 14.0 Å². The third-order valence-electron chi connectivity index (χ3n) is 4.95. The maximum absolute atomic E-state index is 13.0. The van der Waals surface area contributed by atoms with Gasteiger partial charge in [-0.05, 0) is 43.9 Å². The Morgan fingerprint density at radius 2 is 1.88 bits per heavy atom. The van der Waals surface area contributed by atoms with Crippen LogP contribution in [0, 0.1) is 0 Å². The number of amides is 1. The molecule has 8 heteroatoms. The highest BCUT2D eigenvalue weighted by molar-refractivity contribution is 9.10. The first-order valence-electron chi connectivity index (χ1n) is 8.88. The van der Waals surface area contributed by atoms with E-state index in [-0.39, 0.29) is 11.7 Å². The zero-order chi connectivity index (χ0) is 19.2. The lowest BCUT2D eigenvalue weighted by molar-refractivity contribution is -0.130. The van der Waals surface area contributed by atoms with Crippen molar-refractivity contribution in [3.05, 3.63) is 34.3 Å². The molecule has 0 unspecified atom stereocenters. The van der Waals surface area contributed by atoms with Crippen LogP contribution in [0.3, 0.4) is 0 Å². The van der Waals surface area contributed by atoms with E-state index < -0.39 is 15.4 Å². The number of sulfonamides is 1. The van der Waals surface area contributed by atoms with Gasteiger partial charge < -0.3 is 10.1 Å². The average molecular weight is 447 g/mol. The molecule has 6 nitrogen and oxygen atoms in total. The van der Waals surface area contributed by atoms with Gasteiger partial charge in [-0.15, -0.1) is 0 Å². The fraction of sp³-hybridized carbons (Fsp3) is 0.611. The normalized spacial score (nSPS) is 17.2. The molecular formula is C18H27BrN2O4S. The molecule has 1 heterocycles. The summed E-state index contributed by atoms with van der Waals surface area (Å²) in [6.07, 6.45) is 1.86. The van der Waals surface area contributed by atoms with Crippen molar-refractivity contribution < 1.29 is 17.9 Å². The van der Waals surface area contributed by atoms with E-state index in [1.807, 2.05) is 24.3 Å². The molecule has 0 spiro atoms. The predicted octanol–water partition coefficient (Wildman–Crippen LogP) is 2.29. The summed E-state index contributed by atoms with van der Waals surface area (Å²) < 4.78 is 31.3. The third kappa shape index (κ3) is 5.06. The number of carbonyl (C=O) groups excluding carboxylic acids is 1. The van der Waals surface area contributed by atoms with Gasteiger partial charge in [0.05, 0.1) is 11.2 Å². The van der Waals surface area contributed by atoms with E-state index in [0.29, 0.717) is 45.6 Å². The second-order valence-electron chi connectivity index (χ2n) is 6.53. The fourth-order valence-corrected chi connectivity index (χ4v) is 4.28. The molecule has 1 aromatic carbocycles. The number of nitrogens with zero attached hydrogens (tertiary/aromatic N) is 1. The van der Waals surface area contributed by atoms with Crippen molar-refractivity contribution in [1.29, 1.82) is 0 Å². The molecule has 0 aliphatic carbocycles. The Morgan fingerprint density at radius 1 is 1.27 bits per heavy atom. The second-order valence-corrected chi connectivity index (χ2v) is 9.81. The van der Waals surface area contributed by atoms with Gasteiger partial charge in [-0.25, -0.2) is 12.7 Å². The van der Waals surface area contributed by atoms with Crippen molar-refractivity contribution in [3.63, 3.8) is 0 Å². The molecule has 0 radical (unpaired) electrons. The molecule has 26 heavy (non-hydrogen) atoms. The summed E-state index contributed by atoms with van der Waals surface area (Å²) in [7, 11) is -1.61. The highest BCUT2D eigenvalue weighted by Crippen LogP contribution is 2.35. The number of hydrogen-bond acceptors (Lipinski definition) is 4. The lowest BCUT2D eigenvalue weighted by Gasteiger charge is -2.36. The molecule has 1 N–H and O–H groups in total. The van der Waals surface area contributed by atoms with Crippen molar-refractivity contribution in [2.75, 3.05) is 39.1 Å². The highest BCUT2D eigenvalue weighted by Gasteiger charge is 2.41. The van der Waals surface area contributed by atoms with Crippen LogP contribution in [-0.4, -0.2) is 57.7 Å². The topological polar surface area (TPSA) is 75.7 Å². The minimum atomic E-state index is -3.18. The van der Waals surface area contributed by atoms with Crippen LogP contribution in [0.4, 0.5) is 0 Å². The Labute approximate surface area is 164 Å². The molecule has 0 bridgehead atoms. The molecule has 146 valence electrons. The van der Waals surface area contributed by atoms with E-state index in [1.165, 1.54) is 4.31 Å². The lowest BCUT2D eigenvalue weighted by atomic mass is 9.73. The summed E-state index contributed by atoms with van der Waals surface area (Å²) in [6.45, 7) is 3.58. The number of ether oxygens (including phenoxy) is 1. The van der Waals surface area contributed by atoms with Gasteiger partial charge in [0.1, 0.15) is 0 Å². The van der Waals surface area contributed by atoms with Crippen molar-refractivity contribution in [3.8, 4) is 0 Å². The first-order valence-corrected chi connectivity index (χ1v) is 11.3. The molecule has 1 saturated heterocycles.